The van der Waals surface area contributed by atoms with E-state index in [-0.39, 0.29) is 0 Å². The highest BCUT2D eigenvalue weighted by Gasteiger charge is 2.37. The second-order valence-corrected chi connectivity index (χ2v) is 5.48. The second-order valence-electron chi connectivity index (χ2n) is 5.48. The summed E-state index contributed by atoms with van der Waals surface area (Å²) in [5.74, 6) is 0. The molecule has 1 aromatic heterocycles. The molecule has 0 aliphatic carbocycles. The van der Waals surface area contributed by atoms with E-state index in [4.69, 9.17) is 5.73 Å². The topological polar surface area (TPSA) is 76.0 Å². The van der Waals surface area contributed by atoms with Crippen molar-refractivity contribution in [2.45, 2.75) is 12.1 Å². The Morgan fingerprint density at radius 3 is 2.57 bits per heavy atom. The first-order valence-electron chi connectivity index (χ1n) is 7.43. The van der Waals surface area contributed by atoms with E-state index in [2.05, 4.69) is 32.6 Å². The van der Waals surface area contributed by atoms with Gasteiger partial charge in [-0.05, 0) is 28.5 Å². The van der Waals surface area contributed by atoms with Gasteiger partial charge >= 0.3 is 0 Å². The van der Waals surface area contributed by atoms with Crippen molar-refractivity contribution < 1.29 is 0 Å². The van der Waals surface area contributed by atoms with Crippen LogP contribution in [0.4, 0.5) is 0 Å². The molecule has 0 saturated heterocycles. The fraction of sp³-hybridized carbons (Fsp3) is 0.111. The molecule has 5 heteroatoms. The zero-order chi connectivity index (χ0) is 15.7. The van der Waals surface area contributed by atoms with Crippen molar-refractivity contribution >= 4 is 17.1 Å². The van der Waals surface area contributed by atoms with Crippen LogP contribution in [0.25, 0.3) is 10.9 Å². The number of hydrogen-bond donors (Lipinski definition) is 1. The summed E-state index contributed by atoms with van der Waals surface area (Å²) in [6, 6.07) is 18.1. The zero-order valence-electron chi connectivity index (χ0n) is 12.4. The van der Waals surface area contributed by atoms with Gasteiger partial charge in [0.15, 0.2) is 5.54 Å². The molecule has 3 aromatic rings. The minimum absolute atomic E-state index is 0.515. The lowest BCUT2D eigenvalue weighted by Gasteiger charge is -2.24. The third kappa shape index (κ3) is 2.13. The summed E-state index contributed by atoms with van der Waals surface area (Å²) >= 11 is 0. The van der Waals surface area contributed by atoms with Crippen molar-refractivity contribution in [3.8, 4) is 0 Å². The van der Waals surface area contributed by atoms with E-state index >= 15 is 0 Å². The molecule has 1 aliphatic rings. The Morgan fingerprint density at radius 2 is 1.83 bits per heavy atom. The van der Waals surface area contributed by atoms with Crippen molar-refractivity contribution in [1.29, 1.82) is 0 Å². The third-order valence-corrected chi connectivity index (χ3v) is 4.18. The van der Waals surface area contributed by atoms with Gasteiger partial charge in [-0.1, -0.05) is 42.5 Å². The quantitative estimate of drug-likeness (QED) is 0.805. The van der Waals surface area contributed by atoms with Crippen molar-refractivity contribution in [1.82, 2.24) is 4.98 Å². The highest BCUT2D eigenvalue weighted by atomic mass is 15.4. The van der Waals surface area contributed by atoms with Gasteiger partial charge in [0.2, 0.25) is 0 Å². The normalized spacial score (nSPS) is 19.5. The van der Waals surface area contributed by atoms with E-state index < -0.39 is 5.54 Å². The molecule has 5 nitrogen and oxygen atoms in total. The van der Waals surface area contributed by atoms with Gasteiger partial charge in [0.25, 0.3) is 0 Å². The van der Waals surface area contributed by atoms with Crippen LogP contribution >= 0.6 is 0 Å². The maximum atomic E-state index is 5.70. The smallest absolute Gasteiger partial charge is 0.171 e. The minimum Gasteiger partial charge on any atom is -0.326 e. The molecule has 1 atom stereocenters. The lowest BCUT2D eigenvalue weighted by Crippen LogP contribution is -2.25. The molecule has 2 aromatic carbocycles. The Kier molecular flexibility index (Phi) is 3.20. The highest BCUT2D eigenvalue weighted by molar-refractivity contribution is 5.91. The van der Waals surface area contributed by atoms with Gasteiger partial charge in [-0.2, -0.15) is 0 Å². The molecule has 1 aliphatic heterocycles. The van der Waals surface area contributed by atoms with E-state index in [0.29, 0.717) is 6.54 Å². The lowest BCUT2D eigenvalue weighted by atomic mass is 9.82. The molecular weight excluding hydrogens is 286 g/mol. The summed E-state index contributed by atoms with van der Waals surface area (Å²) in [4.78, 5) is 4.43. The molecule has 4 rings (SSSR count). The summed E-state index contributed by atoms with van der Waals surface area (Å²) in [7, 11) is 0. The van der Waals surface area contributed by atoms with Crippen LogP contribution in [0.2, 0.25) is 0 Å². The predicted octanol–water partition coefficient (Wildman–Crippen LogP) is 3.39. The van der Waals surface area contributed by atoms with Gasteiger partial charge in [0, 0.05) is 23.7 Å². The van der Waals surface area contributed by atoms with Crippen molar-refractivity contribution in [3.05, 3.63) is 77.5 Å². The van der Waals surface area contributed by atoms with Crippen LogP contribution in [-0.4, -0.2) is 11.2 Å². The molecule has 1 unspecified atom stereocenters. The van der Waals surface area contributed by atoms with E-state index in [9.17, 15) is 0 Å². The van der Waals surface area contributed by atoms with Gasteiger partial charge in [-0.25, -0.2) is 0 Å². The average Bonchev–Trinajstić information content (AvgIpc) is 3.12. The Morgan fingerprint density at radius 1 is 0.957 bits per heavy atom. The van der Waals surface area contributed by atoms with Crippen LogP contribution in [0, 0.1) is 0 Å². The monoisotopic (exact) mass is 301 g/mol. The Labute approximate surface area is 133 Å². The number of benzene rings is 2. The molecule has 0 saturated carbocycles. The van der Waals surface area contributed by atoms with Crippen LogP contribution in [0.15, 0.2) is 76.2 Å². The first-order valence-corrected chi connectivity index (χ1v) is 7.43. The van der Waals surface area contributed by atoms with Gasteiger partial charge in [-0.3, -0.25) is 4.98 Å². The van der Waals surface area contributed by atoms with Gasteiger partial charge in [-0.15, -0.1) is 10.2 Å². The average molecular weight is 301 g/mol. The molecule has 0 radical (unpaired) electrons. The SMILES string of the molecule is NCc1ccc(C2(c3cccc4ncccc34)C=NN=N2)cc1. The summed E-state index contributed by atoms with van der Waals surface area (Å²) in [5, 5.41) is 13.4. The van der Waals surface area contributed by atoms with Crippen molar-refractivity contribution in [3.63, 3.8) is 0 Å². The number of fused-ring (bicyclic) bond motifs is 1. The fourth-order valence-electron chi connectivity index (χ4n) is 2.97. The first-order chi connectivity index (χ1) is 11.3. The zero-order valence-corrected chi connectivity index (χ0v) is 12.4. The largest absolute Gasteiger partial charge is 0.326 e. The van der Waals surface area contributed by atoms with Crippen LogP contribution in [-0.2, 0) is 12.1 Å². The summed E-state index contributed by atoms with van der Waals surface area (Å²) in [6.07, 6.45) is 3.57. The van der Waals surface area contributed by atoms with Crippen LogP contribution in [0.1, 0.15) is 16.7 Å². The molecule has 0 amide bonds. The summed E-state index contributed by atoms with van der Waals surface area (Å²) < 4.78 is 0. The lowest BCUT2D eigenvalue weighted by molar-refractivity contribution is 0.724. The Hall–Kier alpha value is -2.92. The molecule has 2 heterocycles. The minimum atomic E-state index is -0.713. The van der Waals surface area contributed by atoms with Crippen LogP contribution in [0.5, 0.6) is 0 Å². The fourth-order valence-corrected chi connectivity index (χ4v) is 2.97. The number of aromatic nitrogens is 1. The van der Waals surface area contributed by atoms with Crippen LogP contribution in [0.3, 0.4) is 0 Å². The van der Waals surface area contributed by atoms with Crippen molar-refractivity contribution in [2.24, 2.45) is 21.2 Å². The van der Waals surface area contributed by atoms with E-state index in [1.165, 1.54) is 0 Å². The van der Waals surface area contributed by atoms with Gasteiger partial charge in [0.05, 0.1) is 11.7 Å². The predicted molar refractivity (Wildman–Crippen MR) is 90.2 cm³/mol. The van der Waals surface area contributed by atoms with E-state index in [0.717, 1.165) is 27.6 Å². The number of hydrogen-bond acceptors (Lipinski definition) is 5. The van der Waals surface area contributed by atoms with Gasteiger partial charge < -0.3 is 5.73 Å². The Bertz CT molecular complexity index is 895. The van der Waals surface area contributed by atoms with Gasteiger partial charge in [0.1, 0.15) is 0 Å². The molecule has 2 N–H and O–H groups in total. The van der Waals surface area contributed by atoms with Crippen LogP contribution < -0.4 is 5.73 Å². The van der Waals surface area contributed by atoms with E-state index in [1.54, 1.807) is 12.4 Å². The van der Waals surface area contributed by atoms with Crippen molar-refractivity contribution in [2.75, 3.05) is 0 Å². The third-order valence-electron chi connectivity index (χ3n) is 4.18. The second kappa shape index (κ2) is 5.37. The maximum absolute atomic E-state index is 5.70. The number of rotatable bonds is 3. The molecule has 0 bridgehead atoms. The van der Waals surface area contributed by atoms with E-state index in [1.807, 2.05) is 42.5 Å². The molecular formula is C18H15N5. The molecule has 23 heavy (non-hydrogen) atoms. The summed E-state index contributed by atoms with van der Waals surface area (Å²) in [5.41, 5.74) is 9.02. The maximum Gasteiger partial charge on any atom is 0.171 e. The molecule has 0 fully saturated rings. The number of nitrogens with two attached hydrogens (primary N) is 1. The molecule has 0 spiro atoms. The first kappa shape index (κ1) is 13.7. The standard InChI is InChI=1S/C18H15N5/c19-11-13-6-8-14(9-7-13)18(12-21-23-22-18)16-4-1-5-17-15(16)3-2-10-20-17/h1-10,12H,11,19H2. The highest BCUT2D eigenvalue weighted by Crippen LogP contribution is 2.38. The summed E-state index contributed by atoms with van der Waals surface area (Å²) in [6.45, 7) is 0.515. The Balaban J connectivity index is 1.97. The molecule has 112 valence electrons. The number of nitrogens with zero attached hydrogens (tertiary/aromatic N) is 4. The number of pyridine rings is 1.